The summed E-state index contributed by atoms with van der Waals surface area (Å²) in [7, 11) is 1.89. The number of fused-ring (bicyclic) bond motifs is 1. The minimum atomic E-state index is 0.422. The van der Waals surface area contributed by atoms with Crippen LogP contribution in [0.5, 0.6) is 0 Å². The zero-order valence-corrected chi connectivity index (χ0v) is 11.2. The van der Waals surface area contributed by atoms with Crippen LogP contribution in [0.1, 0.15) is 23.9 Å². The Balaban J connectivity index is 1.71. The summed E-state index contributed by atoms with van der Waals surface area (Å²) < 4.78 is 1.74. The lowest BCUT2D eigenvalue weighted by Crippen LogP contribution is -2.24. The topological polar surface area (TPSA) is 42.7 Å². The lowest BCUT2D eigenvalue weighted by Gasteiger charge is -2.25. The molecule has 0 saturated carbocycles. The van der Waals surface area contributed by atoms with Gasteiger partial charge >= 0.3 is 0 Å². The molecule has 0 spiro atoms. The van der Waals surface area contributed by atoms with E-state index < -0.39 is 0 Å². The third kappa shape index (κ3) is 2.42. The third-order valence-corrected chi connectivity index (χ3v) is 4.23. The van der Waals surface area contributed by atoms with Gasteiger partial charge in [-0.3, -0.25) is 4.68 Å². The van der Waals surface area contributed by atoms with Crippen molar-refractivity contribution in [2.24, 2.45) is 7.05 Å². The number of hydrogen-bond acceptors (Lipinski definition) is 4. The third-order valence-electron chi connectivity index (χ3n) is 3.11. The number of nitrogens with zero attached hydrogens (tertiary/aromatic N) is 3. The Morgan fingerprint density at radius 3 is 3.17 bits per heavy atom. The van der Waals surface area contributed by atoms with Gasteiger partial charge in [0.15, 0.2) is 5.82 Å². The molecule has 0 amide bonds. The molecule has 0 radical (unpaired) electrons. The van der Waals surface area contributed by atoms with Crippen molar-refractivity contribution in [2.75, 3.05) is 5.75 Å². The minimum absolute atomic E-state index is 0.422. The van der Waals surface area contributed by atoms with Crippen LogP contribution in [-0.2, 0) is 13.6 Å². The normalized spacial score (nSPS) is 18.6. The van der Waals surface area contributed by atoms with Gasteiger partial charge in [-0.1, -0.05) is 18.2 Å². The van der Waals surface area contributed by atoms with Crippen molar-refractivity contribution < 1.29 is 0 Å². The number of rotatable bonds is 3. The number of thioether (sulfide) groups is 1. The fourth-order valence-corrected chi connectivity index (χ4v) is 3.36. The van der Waals surface area contributed by atoms with Crippen molar-refractivity contribution in [1.82, 2.24) is 20.1 Å². The van der Waals surface area contributed by atoms with E-state index >= 15 is 0 Å². The van der Waals surface area contributed by atoms with E-state index in [2.05, 4.69) is 39.7 Å². The van der Waals surface area contributed by atoms with Gasteiger partial charge in [0, 0.05) is 18.0 Å². The summed E-state index contributed by atoms with van der Waals surface area (Å²) in [6.07, 6.45) is 2.90. The highest BCUT2D eigenvalue weighted by atomic mass is 32.2. The van der Waals surface area contributed by atoms with Gasteiger partial charge in [0.05, 0.1) is 6.54 Å². The Hall–Kier alpha value is -1.33. The number of nitrogens with one attached hydrogen (secondary N) is 1. The second kappa shape index (κ2) is 5.12. The monoisotopic (exact) mass is 260 g/mol. The lowest BCUT2D eigenvalue weighted by molar-refractivity contribution is 0.499. The van der Waals surface area contributed by atoms with Crippen molar-refractivity contribution in [2.45, 2.75) is 23.9 Å². The lowest BCUT2D eigenvalue weighted by atomic mass is 10.0. The summed E-state index contributed by atoms with van der Waals surface area (Å²) >= 11 is 1.94. The molecular formula is C13H16N4S. The van der Waals surface area contributed by atoms with Gasteiger partial charge in [0.2, 0.25) is 0 Å². The molecule has 1 aliphatic heterocycles. The smallest absolute Gasteiger partial charge is 0.164 e. The first-order chi connectivity index (χ1) is 8.83. The maximum atomic E-state index is 4.29. The summed E-state index contributed by atoms with van der Waals surface area (Å²) in [6.45, 7) is 0.727. The highest BCUT2D eigenvalue weighted by Crippen LogP contribution is 2.35. The van der Waals surface area contributed by atoms with Crippen molar-refractivity contribution in [3.63, 3.8) is 0 Å². The van der Waals surface area contributed by atoms with Gasteiger partial charge in [0.25, 0.3) is 0 Å². The molecule has 18 heavy (non-hydrogen) atoms. The zero-order chi connectivity index (χ0) is 12.4. The van der Waals surface area contributed by atoms with E-state index in [-0.39, 0.29) is 0 Å². The standard InChI is InChI=1S/C13H16N4S/c1-17-9-15-13(16-17)8-14-11-6-7-18-12-5-3-2-4-10(11)12/h2-5,9,11,14H,6-8H2,1H3. The largest absolute Gasteiger partial charge is 0.303 e. The van der Waals surface area contributed by atoms with Gasteiger partial charge in [-0.2, -0.15) is 5.10 Å². The van der Waals surface area contributed by atoms with E-state index in [1.54, 1.807) is 11.0 Å². The Morgan fingerprint density at radius 2 is 2.33 bits per heavy atom. The number of aromatic nitrogens is 3. The number of aryl methyl sites for hydroxylation is 1. The van der Waals surface area contributed by atoms with Crippen LogP contribution < -0.4 is 5.32 Å². The van der Waals surface area contributed by atoms with Gasteiger partial charge < -0.3 is 5.32 Å². The molecule has 0 aliphatic carbocycles. The van der Waals surface area contributed by atoms with Gasteiger partial charge in [-0.25, -0.2) is 4.98 Å². The molecule has 2 aromatic rings. The molecule has 4 nitrogen and oxygen atoms in total. The molecule has 1 aromatic heterocycles. The molecule has 3 rings (SSSR count). The molecule has 2 heterocycles. The highest BCUT2D eigenvalue weighted by molar-refractivity contribution is 7.99. The van der Waals surface area contributed by atoms with Crippen molar-refractivity contribution >= 4 is 11.8 Å². The molecule has 94 valence electrons. The van der Waals surface area contributed by atoms with Crippen molar-refractivity contribution in [1.29, 1.82) is 0 Å². The average Bonchev–Trinajstić information content (AvgIpc) is 2.82. The molecule has 1 N–H and O–H groups in total. The Bertz CT molecular complexity index is 537. The second-order valence-electron chi connectivity index (χ2n) is 4.44. The van der Waals surface area contributed by atoms with Crippen LogP contribution in [0.25, 0.3) is 0 Å². The summed E-state index contributed by atoms with van der Waals surface area (Å²) in [5, 5.41) is 7.84. The zero-order valence-electron chi connectivity index (χ0n) is 10.3. The van der Waals surface area contributed by atoms with Crippen LogP contribution in [0.2, 0.25) is 0 Å². The highest BCUT2D eigenvalue weighted by Gasteiger charge is 2.19. The van der Waals surface area contributed by atoms with Crippen LogP contribution in [-0.4, -0.2) is 20.5 Å². The molecular weight excluding hydrogens is 244 g/mol. The van der Waals surface area contributed by atoms with E-state index in [0.29, 0.717) is 6.04 Å². The van der Waals surface area contributed by atoms with E-state index in [0.717, 1.165) is 18.8 Å². The van der Waals surface area contributed by atoms with E-state index in [9.17, 15) is 0 Å². The summed E-state index contributed by atoms with van der Waals surface area (Å²) in [5.41, 5.74) is 1.41. The Kier molecular flexibility index (Phi) is 3.34. The maximum absolute atomic E-state index is 4.29. The van der Waals surface area contributed by atoms with Crippen molar-refractivity contribution in [3.05, 3.63) is 42.0 Å². The second-order valence-corrected chi connectivity index (χ2v) is 5.58. The van der Waals surface area contributed by atoms with Crippen LogP contribution in [0.4, 0.5) is 0 Å². The predicted octanol–water partition coefficient (Wildman–Crippen LogP) is 2.14. The maximum Gasteiger partial charge on any atom is 0.164 e. The predicted molar refractivity (Wildman–Crippen MR) is 72.4 cm³/mol. The van der Waals surface area contributed by atoms with Gasteiger partial charge in [-0.05, 0) is 23.8 Å². The molecule has 0 fully saturated rings. The Labute approximate surface area is 111 Å². The molecule has 0 bridgehead atoms. The van der Waals surface area contributed by atoms with Crippen molar-refractivity contribution in [3.8, 4) is 0 Å². The minimum Gasteiger partial charge on any atom is -0.303 e. The quantitative estimate of drug-likeness (QED) is 0.918. The summed E-state index contributed by atoms with van der Waals surface area (Å²) in [5.74, 6) is 2.03. The first kappa shape index (κ1) is 11.7. The van der Waals surface area contributed by atoms with Crippen LogP contribution in [0, 0.1) is 0 Å². The number of benzene rings is 1. The summed E-state index contributed by atoms with van der Waals surface area (Å²) in [4.78, 5) is 5.64. The molecule has 0 saturated heterocycles. The van der Waals surface area contributed by atoms with Crippen LogP contribution >= 0.6 is 11.8 Å². The van der Waals surface area contributed by atoms with Gasteiger partial charge in [-0.15, -0.1) is 11.8 Å². The molecule has 1 aromatic carbocycles. The molecule has 1 aliphatic rings. The van der Waals surface area contributed by atoms with E-state index in [1.807, 2.05) is 18.8 Å². The van der Waals surface area contributed by atoms with E-state index in [1.165, 1.54) is 16.2 Å². The SMILES string of the molecule is Cn1cnc(CNC2CCSc3ccccc32)n1. The number of hydrogen-bond donors (Lipinski definition) is 1. The first-order valence-corrected chi connectivity index (χ1v) is 7.11. The molecule has 5 heteroatoms. The summed E-state index contributed by atoms with van der Waals surface area (Å²) in [6, 6.07) is 9.05. The molecule has 1 atom stereocenters. The Morgan fingerprint density at radius 1 is 1.44 bits per heavy atom. The molecule has 1 unspecified atom stereocenters. The average molecular weight is 260 g/mol. The first-order valence-electron chi connectivity index (χ1n) is 6.12. The van der Waals surface area contributed by atoms with Gasteiger partial charge in [0.1, 0.15) is 6.33 Å². The fraction of sp³-hybridized carbons (Fsp3) is 0.385. The van der Waals surface area contributed by atoms with E-state index in [4.69, 9.17) is 0 Å². The van der Waals surface area contributed by atoms with Crippen LogP contribution in [0.15, 0.2) is 35.5 Å². The fourth-order valence-electron chi connectivity index (χ4n) is 2.23. The van der Waals surface area contributed by atoms with Crippen LogP contribution in [0.3, 0.4) is 0 Å².